The number of aromatic nitrogens is 1. The summed E-state index contributed by atoms with van der Waals surface area (Å²) in [6.45, 7) is 0. The van der Waals surface area contributed by atoms with Gasteiger partial charge in [-0.2, -0.15) is 5.26 Å². The van der Waals surface area contributed by atoms with Gasteiger partial charge in [0.05, 0.1) is 28.4 Å². The molecule has 0 spiro atoms. The van der Waals surface area contributed by atoms with Gasteiger partial charge >= 0.3 is 5.97 Å². The van der Waals surface area contributed by atoms with E-state index in [-0.39, 0.29) is 11.4 Å². The van der Waals surface area contributed by atoms with Crippen LogP contribution in [-0.2, 0) is 4.74 Å². The van der Waals surface area contributed by atoms with Crippen molar-refractivity contribution < 1.29 is 9.53 Å². The van der Waals surface area contributed by atoms with E-state index in [4.69, 9.17) is 33.7 Å². The molecule has 2 aromatic carbocycles. The van der Waals surface area contributed by atoms with Gasteiger partial charge in [0.25, 0.3) is 0 Å². The minimum absolute atomic E-state index is 0.105. The molecule has 27 heavy (non-hydrogen) atoms. The fourth-order valence-corrected chi connectivity index (χ4v) is 2.92. The molecule has 0 bridgehead atoms. The van der Waals surface area contributed by atoms with Crippen molar-refractivity contribution in [3.63, 3.8) is 0 Å². The predicted molar refractivity (Wildman–Crippen MR) is 106 cm³/mol. The van der Waals surface area contributed by atoms with E-state index in [2.05, 4.69) is 11.1 Å². The van der Waals surface area contributed by atoms with Crippen LogP contribution in [0.5, 0.6) is 0 Å². The number of carbonyl (C=O) groups is 1. The molecule has 2 N–H and O–H groups in total. The lowest BCUT2D eigenvalue weighted by molar-refractivity contribution is 0.0601. The van der Waals surface area contributed by atoms with Crippen molar-refractivity contribution in [1.29, 1.82) is 5.26 Å². The maximum absolute atomic E-state index is 11.6. The number of nitrogen functional groups attached to an aromatic ring is 1. The lowest BCUT2D eigenvalue weighted by Crippen LogP contribution is -2.02. The van der Waals surface area contributed by atoms with Crippen molar-refractivity contribution in [2.75, 3.05) is 12.8 Å². The molecule has 3 rings (SSSR count). The Morgan fingerprint density at radius 3 is 2.33 bits per heavy atom. The monoisotopic (exact) mass is 397 g/mol. The average molecular weight is 398 g/mol. The van der Waals surface area contributed by atoms with Crippen molar-refractivity contribution in [2.45, 2.75) is 0 Å². The van der Waals surface area contributed by atoms with Crippen LogP contribution in [0.1, 0.15) is 15.9 Å². The largest absolute Gasteiger partial charge is 0.465 e. The van der Waals surface area contributed by atoms with E-state index < -0.39 is 5.97 Å². The molecule has 0 aliphatic carbocycles. The Labute approximate surface area is 165 Å². The summed E-state index contributed by atoms with van der Waals surface area (Å²) >= 11 is 12.1. The van der Waals surface area contributed by atoms with Gasteiger partial charge in [0.1, 0.15) is 17.5 Å². The van der Waals surface area contributed by atoms with Gasteiger partial charge in [-0.3, -0.25) is 0 Å². The summed E-state index contributed by atoms with van der Waals surface area (Å²) in [5, 5.41) is 10.3. The summed E-state index contributed by atoms with van der Waals surface area (Å²) in [4.78, 5) is 15.9. The highest BCUT2D eigenvalue weighted by atomic mass is 35.5. The van der Waals surface area contributed by atoms with Crippen LogP contribution < -0.4 is 5.73 Å². The Bertz CT molecular complexity index is 1070. The Morgan fingerprint density at radius 2 is 1.74 bits per heavy atom. The second-order valence-electron chi connectivity index (χ2n) is 5.62. The van der Waals surface area contributed by atoms with Gasteiger partial charge in [0, 0.05) is 11.1 Å². The summed E-state index contributed by atoms with van der Waals surface area (Å²) in [7, 11) is 1.32. The summed E-state index contributed by atoms with van der Waals surface area (Å²) in [6.07, 6.45) is 0. The molecule has 1 aromatic heterocycles. The molecule has 7 heteroatoms. The third-order valence-electron chi connectivity index (χ3n) is 3.99. The molecular formula is C20H13Cl2N3O2. The van der Waals surface area contributed by atoms with E-state index in [0.29, 0.717) is 32.4 Å². The maximum atomic E-state index is 11.6. The number of esters is 1. The topological polar surface area (TPSA) is 89.0 Å². The molecule has 3 aromatic rings. The minimum atomic E-state index is -0.437. The Hall–Kier alpha value is -3.07. The molecule has 0 atom stereocenters. The molecule has 0 saturated heterocycles. The highest BCUT2D eigenvalue weighted by molar-refractivity contribution is 6.42. The van der Waals surface area contributed by atoms with Crippen molar-refractivity contribution in [2.24, 2.45) is 0 Å². The van der Waals surface area contributed by atoms with E-state index >= 15 is 0 Å². The summed E-state index contributed by atoms with van der Waals surface area (Å²) in [6, 6.07) is 15.6. The van der Waals surface area contributed by atoms with Crippen LogP contribution in [0.4, 0.5) is 5.82 Å². The molecule has 0 aliphatic heterocycles. The van der Waals surface area contributed by atoms with Gasteiger partial charge < -0.3 is 10.5 Å². The zero-order valence-electron chi connectivity index (χ0n) is 14.2. The second-order valence-corrected chi connectivity index (χ2v) is 6.44. The standard InChI is InChI=1S/C20H13Cl2N3O2/c1-27-20(26)12-4-2-11(3-5-12)14-9-18(25-19(24)15(14)10-23)13-6-7-16(21)17(22)8-13/h2-9H,1H3,(H2,24,25). The first-order chi connectivity index (χ1) is 12.9. The quantitative estimate of drug-likeness (QED) is 0.630. The Balaban J connectivity index is 2.14. The van der Waals surface area contributed by atoms with Crippen molar-refractivity contribution in [3.8, 4) is 28.5 Å². The smallest absolute Gasteiger partial charge is 0.337 e. The molecule has 0 aliphatic rings. The number of rotatable bonds is 3. The number of carbonyl (C=O) groups excluding carboxylic acids is 1. The summed E-state index contributed by atoms with van der Waals surface area (Å²) < 4.78 is 4.70. The Morgan fingerprint density at radius 1 is 1.07 bits per heavy atom. The van der Waals surface area contributed by atoms with Gasteiger partial charge in [0.15, 0.2) is 0 Å². The van der Waals surface area contributed by atoms with Gasteiger partial charge in [0.2, 0.25) is 0 Å². The zero-order valence-corrected chi connectivity index (χ0v) is 15.7. The van der Waals surface area contributed by atoms with Crippen LogP contribution in [0.25, 0.3) is 22.4 Å². The lowest BCUT2D eigenvalue weighted by Gasteiger charge is -2.11. The molecule has 0 fully saturated rings. The molecule has 0 amide bonds. The van der Waals surface area contributed by atoms with Crippen LogP contribution >= 0.6 is 23.2 Å². The van der Waals surface area contributed by atoms with Crippen molar-refractivity contribution in [1.82, 2.24) is 4.98 Å². The number of hydrogen-bond donors (Lipinski definition) is 1. The highest BCUT2D eigenvalue weighted by Crippen LogP contribution is 2.33. The zero-order chi connectivity index (χ0) is 19.6. The van der Waals surface area contributed by atoms with Crippen LogP contribution in [0.3, 0.4) is 0 Å². The maximum Gasteiger partial charge on any atom is 0.337 e. The fourth-order valence-electron chi connectivity index (χ4n) is 2.62. The first kappa shape index (κ1) is 18.7. The van der Waals surface area contributed by atoms with E-state index in [1.807, 2.05) is 0 Å². The fraction of sp³-hybridized carbons (Fsp3) is 0.0500. The molecule has 0 saturated carbocycles. The van der Waals surface area contributed by atoms with Crippen LogP contribution in [-0.4, -0.2) is 18.1 Å². The summed E-state index contributed by atoms with van der Waals surface area (Å²) in [5.41, 5.74) is 9.26. The number of anilines is 1. The summed E-state index contributed by atoms with van der Waals surface area (Å²) in [5.74, 6) is -0.332. The molecular weight excluding hydrogens is 385 g/mol. The average Bonchev–Trinajstić information content (AvgIpc) is 2.69. The van der Waals surface area contributed by atoms with Crippen LogP contribution in [0.2, 0.25) is 10.0 Å². The van der Waals surface area contributed by atoms with Gasteiger partial charge in [-0.1, -0.05) is 41.4 Å². The van der Waals surface area contributed by atoms with E-state index in [1.165, 1.54) is 7.11 Å². The highest BCUT2D eigenvalue weighted by Gasteiger charge is 2.15. The van der Waals surface area contributed by atoms with Gasteiger partial charge in [-0.05, 0) is 35.9 Å². The normalized spacial score (nSPS) is 10.3. The van der Waals surface area contributed by atoms with Gasteiger partial charge in [-0.25, -0.2) is 9.78 Å². The van der Waals surface area contributed by atoms with Gasteiger partial charge in [-0.15, -0.1) is 0 Å². The molecule has 0 unspecified atom stereocenters. The third kappa shape index (κ3) is 3.72. The number of ether oxygens (including phenoxy) is 1. The number of benzene rings is 2. The number of halogens is 2. The van der Waals surface area contributed by atoms with E-state index in [1.54, 1.807) is 48.5 Å². The number of hydrogen-bond acceptors (Lipinski definition) is 5. The first-order valence-corrected chi connectivity index (χ1v) is 8.55. The molecule has 1 heterocycles. The molecule has 134 valence electrons. The number of nitrogens with zero attached hydrogens (tertiary/aromatic N) is 2. The number of nitrogens with two attached hydrogens (primary N) is 1. The van der Waals surface area contributed by atoms with Crippen molar-refractivity contribution >= 4 is 35.0 Å². The Kier molecular flexibility index (Phi) is 5.31. The van der Waals surface area contributed by atoms with E-state index in [0.717, 1.165) is 5.56 Å². The van der Waals surface area contributed by atoms with Crippen LogP contribution in [0, 0.1) is 11.3 Å². The van der Waals surface area contributed by atoms with Crippen molar-refractivity contribution in [3.05, 3.63) is 69.7 Å². The van der Waals surface area contributed by atoms with E-state index in [9.17, 15) is 10.1 Å². The van der Waals surface area contributed by atoms with Crippen LogP contribution in [0.15, 0.2) is 48.5 Å². The number of methoxy groups -OCH3 is 1. The lowest BCUT2D eigenvalue weighted by atomic mass is 9.97. The predicted octanol–water partition coefficient (Wildman–Crippen LogP) is 4.96. The first-order valence-electron chi connectivity index (χ1n) is 7.79. The number of pyridine rings is 1. The minimum Gasteiger partial charge on any atom is -0.465 e. The molecule has 0 radical (unpaired) electrons. The second kappa shape index (κ2) is 7.67. The molecule has 5 nitrogen and oxygen atoms in total. The SMILES string of the molecule is COC(=O)c1ccc(-c2cc(-c3ccc(Cl)c(Cl)c3)nc(N)c2C#N)cc1. The third-order valence-corrected chi connectivity index (χ3v) is 4.73. The number of nitriles is 1.